The van der Waals surface area contributed by atoms with Crippen LogP contribution in [-0.2, 0) is 11.2 Å². The van der Waals surface area contributed by atoms with E-state index in [1.54, 1.807) is 6.33 Å². The largest absolute Gasteiger partial charge is 0.375 e. The van der Waals surface area contributed by atoms with E-state index in [2.05, 4.69) is 34.3 Å². The Bertz CT molecular complexity index is 341. The van der Waals surface area contributed by atoms with E-state index in [1.165, 1.54) is 0 Å². The number of aromatic nitrogens is 3. The number of hydrogen-bond acceptors (Lipinski definition) is 4. The van der Waals surface area contributed by atoms with Crippen molar-refractivity contribution in [1.29, 1.82) is 0 Å². The molecule has 1 aliphatic heterocycles. The minimum Gasteiger partial charge on any atom is -0.375 e. The Balaban J connectivity index is 1.64. The van der Waals surface area contributed by atoms with Crippen LogP contribution in [0, 0.1) is 0 Å². The lowest BCUT2D eigenvalue weighted by molar-refractivity contribution is -0.0778. The average molecular weight is 252 g/mol. The summed E-state index contributed by atoms with van der Waals surface area (Å²) < 4.78 is 5.85. The second kappa shape index (κ2) is 6.29. The molecular weight excluding hydrogens is 228 g/mol. The van der Waals surface area contributed by atoms with Gasteiger partial charge in [0.25, 0.3) is 0 Å². The van der Waals surface area contributed by atoms with Crippen LogP contribution < -0.4 is 5.32 Å². The fraction of sp³-hybridized carbons (Fsp3) is 0.846. The zero-order valence-corrected chi connectivity index (χ0v) is 11.4. The highest BCUT2D eigenvalue weighted by Crippen LogP contribution is 2.27. The highest BCUT2D eigenvalue weighted by Gasteiger charge is 2.31. The molecule has 5 nitrogen and oxygen atoms in total. The summed E-state index contributed by atoms with van der Waals surface area (Å²) in [5, 5.41) is 10.4. The van der Waals surface area contributed by atoms with Gasteiger partial charge in [-0.25, -0.2) is 4.98 Å². The summed E-state index contributed by atoms with van der Waals surface area (Å²) in [6, 6.07) is 0.596. The first-order valence-electron chi connectivity index (χ1n) is 6.93. The molecule has 0 spiro atoms. The van der Waals surface area contributed by atoms with Gasteiger partial charge < -0.3 is 10.1 Å². The molecule has 0 radical (unpaired) electrons. The van der Waals surface area contributed by atoms with Gasteiger partial charge in [-0.2, -0.15) is 5.10 Å². The number of ether oxygens (including phenoxy) is 1. The summed E-state index contributed by atoms with van der Waals surface area (Å²) in [4.78, 5) is 4.12. The number of nitrogens with one attached hydrogen (secondary N) is 2. The van der Waals surface area contributed by atoms with Gasteiger partial charge in [0.05, 0.1) is 5.60 Å². The van der Waals surface area contributed by atoms with Crippen LogP contribution in [0.4, 0.5) is 0 Å². The predicted octanol–water partition coefficient (Wildman–Crippen LogP) is 1.67. The summed E-state index contributed by atoms with van der Waals surface area (Å²) >= 11 is 0. The molecule has 2 heterocycles. The molecule has 0 aromatic carbocycles. The first kappa shape index (κ1) is 13.5. The van der Waals surface area contributed by atoms with Crippen molar-refractivity contribution in [2.75, 3.05) is 13.2 Å². The first-order valence-corrected chi connectivity index (χ1v) is 6.93. The van der Waals surface area contributed by atoms with Gasteiger partial charge in [0.15, 0.2) is 0 Å². The fourth-order valence-corrected chi connectivity index (χ4v) is 2.46. The summed E-state index contributed by atoms with van der Waals surface area (Å²) in [6.45, 7) is 6.33. The summed E-state index contributed by atoms with van der Waals surface area (Å²) in [5.74, 6) is 0.974. The van der Waals surface area contributed by atoms with E-state index in [9.17, 15) is 0 Å². The normalized spacial score (nSPS) is 28.4. The third kappa shape index (κ3) is 3.78. The van der Waals surface area contributed by atoms with E-state index in [0.717, 1.165) is 51.1 Å². The average Bonchev–Trinajstić information content (AvgIpc) is 2.88. The van der Waals surface area contributed by atoms with Gasteiger partial charge >= 0.3 is 0 Å². The third-order valence-corrected chi connectivity index (χ3v) is 3.83. The highest BCUT2D eigenvalue weighted by molar-refractivity contribution is 4.86. The van der Waals surface area contributed by atoms with Crippen molar-refractivity contribution >= 4 is 0 Å². The zero-order valence-electron chi connectivity index (χ0n) is 11.4. The molecule has 0 saturated carbocycles. The van der Waals surface area contributed by atoms with E-state index in [-0.39, 0.29) is 5.60 Å². The van der Waals surface area contributed by atoms with Gasteiger partial charge in [-0.15, -0.1) is 0 Å². The fourth-order valence-electron chi connectivity index (χ4n) is 2.46. The second-order valence-corrected chi connectivity index (χ2v) is 5.33. The molecule has 18 heavy (non-hydrogen) atoms. The SMILES string of the molecule is CCC1(C)CC(NCCCc2ncn[nH]2)CCO1. The Labute approximate surface area is 109 Å². The predicted molar refractivity (Wildman–Crippen MR) is 70.4 cm³/mol. The van der Waals surface area contributed by atoms with Crippen LogP contribution in [0.5, 0.6) is 0 Å². The van der Waals surface area contributed by atoms with Crippen molar-refractivity contribution in [1.82, 2.24) is 20.5 Å². The summed E-state index contributed by atoms with van der Waals surface area (Å²) in [6.07, 6.45) is 6.94. The van der Waals surface area contributed by atoms with Gasteiger partial charge in [0.2, 0.25) is 0 Å². The molecule has 0 aliphatic carbocycles. The Morgan fingerprint density at radius 2 is 2.50 bits per heavy atom. The number of H-pyrrole nitrogens is 1. The van der Waals surface area contributed by atoms with Crippen LogP contribution in [0.25, 0.3) is 0 Å². The van der Waals surface area contributed by atoms with Crippen molar-refractivity contribution < 1.29 is 4.74 Å². The van der Waals surface area contributed by atoms with Crippen molar-refractivity contribution in [2.24, 2.45) is 0 Å². The highest BCUT2D eigenvalue weighted by atomic mass is 16.5. The maximum atomic E-state index is 5.85. The van der Waals surface area contributed by atoms with Crippen molar-refractivity contribution in [3.63, 3.8) is 0 Å². The van der Waals surface area contributed by atoms with Gasteiger partial charge in [-0.1, -0.05) is 6.92 Å². The Morgan fingerprint density at radius 1 is 1.61 bits per heavy atom. The molecule has 1 fully saturated rings. The summed E-state index contributed by atoms with van der Waals surface area (Å²) in [5.41, 5.74) is 0.0703. The van der Waals surface area contributed by atoms with Crippen LogP contribution in [0.3, 0.4) is 0 Å². The Morgan fingerprint density at radius 3 is 3.22 bits per heavy atom. The number of aryl methyl sites for hydroxylation is 1. The minimum atomic E-state index is 0.0703. The van der Waals surface area contributed by atoms with E-state index in [4.69, 9.17) is 4.74 Å². The molecule has 1 aromatic heterocycles. The maximum absolute atomic E-state index is 5.85. The molecule has 102 valence electrons. The molecule has 0 amide bonds. The van der Waals surface area contributed by atoms with Crippen molar-refractivity contribution in [3.8, 4) is 0 Å². The molecule has 0 bridgehead atoms. The molecule has 5 heteroatoms. The topological polar surface area (TPSA) is 62.8 Å². The monoisotopic (exact) mass is 252 g/mol. The van der Waals surface area contributed by atoms with Crippen LogP contribution in [0.15, 0.2) is 6.33 Å². The number of rotatable bonds is 6. The van der Waals surface area contributed by atoms with E-state index < -0.39 is 0 Å². The molecule has 2 atom stereocenters. The smallest absolute Gasteiger partial charge is 0.137 e. The summed E-state index contributed by atoms with van der Waals surface area (Å²) in [7, 11) is 0. The lowest BCUT2D eigenvalue weighted by atomic mass is 9.90. The standard InChI is InChI=1S/C13H24N4O/c1-3-13(2)9-11(6-8-18-13)14-7-4-5-12-15-10-16-17-12/h10-11,14H,3-9H2,1-2H3,(H,15,16,17). The van der Waals surface area contributed by atoms with Crippen LogP contribution in [0.2, 0.25) is 0 Å². The molecule has 2 unspecified atom stereocenters. The Kier molecular flexibility index (Phi) is 4.72. The van der Waals surface area contributed by atoms with Crippen molar-refractivity contribution in [2.45, 2.75) is 57.6 Å². The van der Waals surface area contributed by atoms with E-state index in [1.807, 2.05) is 0 Å². The van der Waals surface area contributed by atoms with Crippen LogP contribution >= 0.6 is 0 Å². The Hall–Kier alpha value is -0.940. The zero-order chi connectivity index (χ0) is 12.8. The van der Waals surface area contributed by atoms with E-state index >= 15 is 0 Å². The maximum Gasteiger partial charge on any atom is 0.137 e. The number of aromatic amines is 1. The third-order valence-electron chi connectivity index (χ3n) is 3.83. The quantitative estimate of drug-likeness (QED) is 0.756. The molecule has 2 N–H and O–H groups in total. The number of nitrogens with zero attached hydrogens (tertiary/aromatic N) is 2. The first-order chi connectivity index (χ1) is 8.72. The van der Waals surface area contributed by atoms with Gasteiger partial charge in [0, 0.05) is 19.1 Å². The van der Waals surface area contributed by atoms with Crippen LogP contribution in [0.1, 0.15) is 45.4 Å². The lowest BCUT2D eigenvalue weighted by Gasteiger charge is -2.38. The van der Waals surface area contributed by atoms with Crippen molar-refractivity contribution in [3.05, 3.63) is 12.2 Å². The molecule has 1 aliphatic rings. The number of hydrogen-bond donors (Lipinski definition) is 2. The van der Waals surface area contributed by atoms with E-state index in [0.29, 0.717) is 6.04 Å². The molecule has 1 saturated heterocycles. The van der Waals surface area contributed by atoms with Gasteiger partial charge in [-0.3, -0.25) is 5.10 Å². The van der Waals surface area contributed by atoms with Gasteiger partial charge in [-0.05, 0) is 39.2 Å². The minimum absolute atomic E-state index is 0.0703. The second-order valence-electron chi connectivity index (χ2n) is 5.33. The van der Waals surface area contributed by atoms with Gasteiger partial charge in [0.1, 0.15) is 12.2 Å². The molecule has 2 rings (SSSR count). The lowest BCUT2D eigenvalue weighted by Crippen LogP contribution is -2.45. The molecular formula is C13H24N4O. The molecule has 1 aromatic rings. The van der Waals surface area contributed by atoms with Crippen LogP contribution in [-0.4, -0.2) is 40.0 Å².